The number of hydrogen-bond acceptors (Lipinski definition) is 2. The summed E-state index contributed by atoms with van der Waals surface area (Å²) in [6.45, 7) is 7.13. The summed E-state index contributed by atoms with van der Waals surface area (Å²) in [6, 6.07) is 7.13. The summed E-state index contributed by atoms with van der Waals surface area (Å²) in [5.41, 5.74) is 1.55. The van der Waals surface area contributed by atoms with Crippen molar-refractivity contribution in [3.63, 3.8) is 0 Å². The fourth-order valence-corrected chi connectivity index (χ4v) is 2.22. The molecule has 1 amide bonds. The molecule has 1 aliphatic heterocycles. The maximum atomic E-state index is 14.0. The van der Waals surface area contributed by atoms with Crippen LogP contribution >= 0.6 is 0 Å². The predicted octanol–water partition coefficient (Wildman–Crippen LogP) is 2.83. The van der Waals surface area contributed by atoms with Crippen molar-refractivity contribution in [2.45, 2.75) is 32.1 Å². The predicted molar refractivity (Wildman–Crippen MR) is 84.4 cm³/mol. The summed E-state index contributed by atoms with van der Waals surface area (Å²) in [5.74, 6) is -0.711. The van der Waals surface area contributed by atoms with Crippen molar-refractivity contribution in [3.05, 3.63) is 35.4 Å². The van der Waals surface area contributed by atoms with Gasteiger partial charge in [-0.05, 0) is 29.0 Å². The van der Waals surface area contributed by atoms with Crippen molar-refractivity contribution in [3.8, 4) is 11.8 Å². The minimum atomic E-state index is -3.68. The fourth-order valence-electron chi connectivity index (χ4n) is 2.22. The number of morpholine rings is 1. The van der Waals surface area contributed by atoms with Crippen LogP contribution in [-0.4, -0.2) is 43.0 Å². The number of halogens is 2. The Labute approximate surface area is 135 Å². The summed E-state index contributed by atoms with van der Waals surface area (Å²) < 4.78 is 33.0. The molecule has 0 aliphatic carbocycles. The molecule has 1 aliphatic rings. The number of hydrogen-bond donors (Lipinski definition) is 0. The van der Waals surface area contributed by atoms with Crippen LogP contribution in [0.5, 0.6) is 0 Å². The molecule has 0 N–H and O–H groups in total. The molecule has 3 nitrogen and oxygen atoms in total. The van der Waals surface area contributed by atoms with Crippen LogP contribution in [-0.2, 0) is 14.9 Å². The third-order valence-corrected chi connectivity index (χ3v) is 3.68. The zero-order valence-electron chi connectivity index (χ0n) is 13.7. The highest BCUT2D eigenvalue weighted by atomic mass is 19.3. The van der Waals surface area contributed by atoms with E-state index in [4.69, 9.17) is 4.74 Å². The lowest BCUT2D eigenvalue weighted by Gasteiger charge is -2.28. The van der Waals surface area contributed by atoms with Gasteiger partial charge in [-0.25, -0.2) is 0 Å². The first-order chi connectivity index (χ1) is 10.7. The van der Waals surface area contributed by atoms with Crippen molar-refractivity contribution in [2.75, 3.05) is 26.3 Å². The second kappa shape index (κ2) is 6.67. The summed E-state index contributed by atoms with van der Waals surface area (Å²) >= 11 is 0. The highest BCUT2D eigenvalue weighted by molar-refractivity contribution is 5.87. The van der Waals surface area contributed by atoms with E-state index in [1.807, 2.05) is 18.1 Å². The third-order valence-electron chi connectivity index (χ3n) is 3.68. The molecule has 5 heteroatoms. The number of nitrogens with zero attached hydrogens (tertiary/aromatic N) is 1. The van der Waals surface area contributed by atoms with Gasteiger partial charge in [0.2, 0.25) is 0 Å². The molecule has 0 radical (unpaired) electrons. The topological polar surface area (TPSA) is 29.5 Å². The van der Waals surface area contributed by atoms with E-state index in [1.54, 1.807) is 12.1 Å². The Hall–Kier alpha value is -1.93. The molecule has 1 heterocycles. The molecule has 0 atom stereocenters. The van der Waals surface area contributed by atoms with Crippen LogP contribution in [0.15, 0.2) is 24.3 Å². The summed E-state index contributed by atoms with van der Waals surface area (Å²) in [4.78, 5) is 12.9. The van der Waals surface area contributed by atoms with Crippen LogP contribution in [0, 0.1) is 11.8 Å². The first kappa shape index (κ1) is 17.4. The van der Waals surface area contributed by atoms with Gasteiger partial charge < -0.3 is 9.64 Å². The van der Waals surface area contributed by atoms with E-state index in [2.05, 4.69) is 26.7 Å². The van der Waals surface area contributed by atoms with Gasteiger partial charge >= 0.3 is 11.8 Å². The largest absolute Gasteiger partial charge is 0.385 e. The average Bonchev–Trinajstić information content (AvgIpc) is 2.53. The average molecular weight is 321 g/mol. The number of ether oxygens (including phenoxy) is 1. The van der Waals surface area contributed by atoms with Crippen LogP contribution in [0.2, 0.25) is 0 Å². The molecule has 1 aromatic rings. The molecule has 1 aromatic carbocycles. The third kappa shape index (κ3) is 4.52. The van der Waals surface area contributed by atoms with Crippen LogP contribution < -0.4 is 0 Å². The fraction of sp³-hybridized carbons (Fsp3) is 0.500. The molecule has 124 valence electrons. The molecule has 0 unspecified atom stereocenters. The minimum Gasteiger partial charge on any atom is -0.378 e. The highest BCUT2D eigenvalue weighted by Gasteiger charge is 2.40. The van der Waals surface area contributed by atoms with Crippen molar-refractivity contribution in [2.24, 2.45) is 0 Å². The van der Waals surface area contributed by atoms with Crippen molar-refractivity contribution in [1.29, 1.82) is 0 Å². The van der Waals surface area contributed by atoms with E-state index in [0.29, 0.717) is 5.56 Å². The standard InChI is InChI=1S/C18H21F2NO2/c1-17(2,3)15-6-4-14(5-7-15)8-9-18(19,20)16(22)21-10-12-23-13-11-21/h4-7H,10-13H2,1-3H3. The van der Waals surface area contributed by atoms with Crippen LogP contribution in [0.25, 0.3) is 0 Å². The van der Waals surface area contributed by atoms with Crippen molar-refractivity contribution in [1.82, 2.24) is 4.90 Å². The maximum Gasteiger partial charge on any atom is 0.385 e. The molecular weight excluding hydrogens is 300 g/mol. The van der Waals surface area contributed by atoms with Crippen LogP contribution in [0.4, 0.5) is 8.78 Å². The number of carbonyl (C=O) groups is 1. The van der Waals surface area contributed by atoms with Gasteiger partial charge in [-0.3, -0.25) is 4.79 Å². The minimum absolute atomic E-state index is 0.0117. The summed E-state index contributed by atoms with van der Waals surface area (Å²) in [5, 5.41) is 0. The smallest absolute Gasteiger partial charge is 0.378 e. The van der Waals surface area contributed by atoms with Gasteiger partial charge in [0.25, 0.3) is 0 Å². The Morgan fingerprint density at radius 3 is 2.22 bits per heavy atom. The highest BCUT2D eigenvalue weighted by Crippen LogP contribution is 2.22. The number of carbonyl (C=O) groups excluding carboxylic acids is 1. The summed E-state index contributed by atoms with van der Waals surface area (Å²) in [7, 11) is 0. The zero-order valence-corrected chi connectivity index (χ0v) is 13.7. The van der Waals surface area contributed by atoms with E-state index in [1.165, 1.54) is 0 Å². The van der Waals surface area contributed by atoms with Gasteiger partial charge in [0.05, 0.1) is 13.2 Å². The van der Waals surface area contributed by atoms with Gasteiger partial charge in [-0.15, -0.1) is 0 Å². The van der Waals surface area contributed by atoms with Crippen molar-refractivity contribution < 1.29 is 18.3 Å². The molecule has 1 saturated heterocycles. The molecule has 23 heavy (non-hydrogen) atoms. The lowest BCUT2D eigenvalue weighted by atomic mass is 9.87. The Kier molecular flexibility index (Phi) is 5.06. The SMILES string of the molecule is CC(C)(C)c1ccc(C#CC(F)(F)C(=O)N2CCOCC2)cc1. The maximum absolute atomic E-state index is 14.0. The number of amides is 1. The van der Waals surface area contributed by atoms with Crippen LogP contribution in [0.3, 0.4) is 0 Å². The first-order valence-electron chi connectivity index (χ1n) is 7.59. The van der Waals surface area contributed by atoms with Gasteiger partial charge in [-0.1, -0.05) is 38.8 Å². The molecule has 0 saturated carbocycles. The number of rotatable bonds is 1. The monoisotopic (exact) mass is 321 g/mol. The molecular formula is C18H21F2NO2. The zero-order chi connectivity index (χ0) is 17.1. The van der Waals surface area contributed by atoms with E-state index < -0.39 is 11.8 Å². The Bertz CT molecular complexity index is 615. The first-order valence-corrected chi connectivity index (χ1v) is 7.59. The van der Waals surface area contributed by atoms with E-state index in [0.717, 1.165) is 10.5 Å². The van der Waals surface area contributed by atoms with Gasteiger partial charge in [0.15, 0.2) is 0 Å². The Morgan fingerprint density at radius 2 is 1.70 bits per heavy atom. The van der Waals surface area contributed by atoms with Gasteiger partial charge in [-0.2, -0.15) is 8.78 Å². The molecule has 1 fully saturated rings. The van der Waals surface area contributed by atoms with E-state index in [9.17, 15) is 13.6 Å². The molecule has 0 aromatic heterocycles. The Balaban J connectivity index is 2.11. The van der Waals surface area contributed by atoms with Crippen molar-refractivity contribution >= 4 is 5.91 Å². The normalized spacial score (nSPS) is 15.8. The lowest BCUT2D eigenvalue weighted by molar-refractivity contribution is -0.153. The molecule has 0 bridgehead atoms. The number of benzene rings is 1. The second-order valence-corrected chi connectivity index (χ2v) is 6.56. The second-order valence-electron chi connectivity index (χ2n) is 6.56. The molecule has 2 rings (SSSR count). The number of alkyl halides is 2. The lowest BCUT2D eigenvalue weighted by Crippen LogP contribution is -2.48. The van der Waals surface area contributed by atoms with Gasteiger partial charge in [0.1, 0.15) is 0 Å². The van der Waals surface area contributed by atoms with Gasteiger partial charge in [0, 0.05) is 18.7 Å². The van der Waals surface area contributed by atoms with Crippen LogP contribution in [0.1, 0.15) is 31.9 Å². The molecule has 0 spiro atoms. The summed E-state index contributed by atoms with van der Waals surface area (Å²) in [6.07, 6.45) is 0. The Morgan fingerprint density at radius 1 is 1.13 bits per heavy atom. The van der Waals surface area contributed by atoms with E-state index in [-0.39, 0.29) is 31.7 Å². The quantitative estimate of drug-likeness (QED) is 0.745. The van der Waals surface area contributed by atoms with E-state index >= 15 is 0 Å².